The van der Waals surface area contributed by atoms with Crippen molar-refractivity contribution in [3.05, 3.63) is 51.1 Å². The molecule has 3 heterocycles. The molecule has 0 unspecified atom stereocenters. The Balaban J connectivity index is 1.81. The van der Waals surface area contributed by atoms with E-state index >= 15 is 0 Å². The van der Waals surface area contributed by atoms with Crippen molar-refractivity contribution in [1.29, 1.82) is 0 Å². The lowest BCUT2D eigenvalue weighted by Gasteiger charge is -2.25. The number of para-hydroxylation sites is 1. The van der Waals surface area contributed by atoms with Crippen LogP contribution in [0.15, 0.2) is 40.3 Å². The summed E-state index contributed by atoms with van der Waals surface area (Å²) < 4.78 is 1.60. The predicted molar refractivity (Wildman–Crippen MR) is 124 cm³/mol. The van der Waals surface area contributed by atoms with E-state index in [-0.39, 0.29) is 29.2 Å². The van der Waals surface area contributed by atoms with Gasteiger partial charge in [-0.25, -0.2) is 4.98 Å². The molecular weight excluding hydrogens is 432 g/mol. The summed E-state index contributed by atoms with van der Waals surface area (Å²) >= 11 is 2.72. The highest BCUT2D eigenvalue weighted by molar-refractivity contribution is 7.99. The first-order valence-electron chi connectivity index (χ1n) is 10.2. The molecule has 0 radical (unpaired) electrons. The smallest absolute Gasteiger partial charge is 0.267 e. The predicted octanol–water partition coefficient (Wildman–Crippen LogP) is 2.97. The van der Waals surface area contributed by atoms with Gasteiger partial charge in [0.05, 0.1) is 23.4 Å². The van der Waals surface area contributed by atoms with Gasteiger partial charge in [0.25, 0.3) is 5.56 Å². The number of carbonyl (C=O) groups is 2. The van der Waals surface area contributed by atoms with E-state index in [0.29, 0.717) is 34.9 Å². The molecule has 0 saturated heterocycles. The lowest BCUT2D eigenvalue weighted by molar-refractivity contribution is -0.129. The number of fused-ring (bicyclic) bond motifs is 3. The van der Waals surface area contributed by atoms with E-state index in [1.54, 1.807) is 16.4 Å². The second kappa shape index (κ2) is 8.84. The molecule has 0 bridgehead atoms. The van der Waals surface area contributed by atoms with E-state index in [1.807, 2.05) is 44.2 Å². The molecule has 1 N–H and O–H groups in total. The summed E-state index contributed by atoms with van der Waals surface area (Å²) in [5, 5.41) is 3.99. The van der Waals surface area contributed by atoms with Gasteiger partial charge in [0.2, 0.25) is 11.8 Å². The van der Waals surface area contributed by atoms with Crippen molar-refractivity contribution in [1.82, 2.24) is 19.8 Å². The molecule has 0 saturated carbocycles. The Morgan fingerprint density at radius 3 is 2.68 bits per heavy atom. The van der Waals surface area contributed by atoms with E-state index in [9.17, 15) is 14.4 Å². The number of thiophene rings is 1. The Labute approximate surface area is 188 Å². The fourth-order valence-electron chi connectivity index (χ4n) is 3.69. The second-order valence-electron chi connectivity index (χ2n) is 7.76. The van der Waals surface area contributed by atoms with Gasteiger partial charge in [-0.15, -0.1) is 11.3 Å². The van der Waals surface area contributed by atoms with Crippen LogP contribution in [-0.4, -0.2) is 44.6 Å². The first kappa shape index (κ1) is 21.6. The van der Waals surface area contributed by atoms with Gasteiger partial charge in [0.15, 0.2) is 5.16 Å². The molecule has 31 heavy (non-hydrogen) atoms. The molecule has 4 rings (SSSR count). The average molecular weight is 457 g/mol. The standard InChI is InChI=1S/C22H24N4O3S2/c1-13(2)23-18(28)12-30-22-24-20-19(21(29)26(22)15-7-5-4-6-8-15)16-9-10-25(14(3)27)11-17(16)31-20/h4-8,13H,9-12H2,1-3H3,(H,23,28). The molecule has 0 spiro atoms. The van der Waals surface area contributed by atoms with Crippen LogP contribution in [0.1, 0.15) is 31.2 Å². The lowest BCUT2D eigenvalue weighted by atomic mass is 10.1. The van der Waals surface area contributed by atoms with E-state index in [2.05, 4.69) is 5.32 Å². The quantitative estimate of drug-likeness (QED) is 0.471. The zero-order valence-electron chi connectivity index (χ0n) is 17.7. The van der Waals surface area contributed by atoms with Crippen molar-refractivity contribution < 1.29 is 9.59 Å². The molecule has 3 aromatic rings. The van der Waals surface area contributed by atoms with Crippen LogP contribution < -0.4 is 10.9 Å². The molecule has 0 fully saturated rings. The number of carbonyl (C=O) groups excluding carboxylic acids is 2. The minimum Gasteiger partial charge on any atom is -0.353 e. The van der Waals surface area contributed by atoms with Crippen LogP contribution in [0.25, 0.3) is 15.9 Å². The van der Waals surface area contributed by atoms with Crippen LogP contribution in [0.3, 0.4) is 0 Å². The zero-order chi connectivity index (χ0) is 22.1. The van der Waals surface area contributed by atoms with E-state index in [0.717, 1.165) is 16.1 Å². The molecular formula is C22H24N4O3S2. The van der Waals surface area contributed by atoms with Crippen LogP contribution in [0.5, 0.6) is 0 Å². The fourth-order valence-corrected chi connectivity index (χ4v) is 5.79. The third kappa shape index (κ3) is 4.38. The SMILES string of the molecule is CC(=O)N1CCc2c(sc3nc(SCC(=O)NC(C)C)n(-c4ccccc4)c(=O)c23)C1. The summed E-state index contributed by atoms with van der Waals surface area (Å²) in [6.07, 6.45) is 0.643. The highest BCUT2D eigenvalue weighted by Crippen LogP contribution is 2.34. The first-order valence-corrected chi connectivity index (χ1v) is 12.0. The highest BCUT2D eigenvalue weighted by atomic mass is 32.2. The summed E-state index contributed by atoms with van der Waals surface area (Å²) in [6, 6.07) is 9.42. The number of nitrogens with zero attached hydrogens (tertiary/aromatic N) is 3. The molecule has 0 atom stereocenters. The molecule has 162 valence electrons. The van der Waals surface area contributed by atoms with Gasteiger partial charge in [-0.2, -0.15) is 0 Å². The number of hydrogen-bond acceptors (Lipinski definition) is 6. The van der Waals surface area contributed by atoms with E-state index in [4.69, 9.17) is 4.98 Å². The molecule has 2 amide bonds. The zero-order valence-corrected chi connectivity index (χ0v) is 19.3. The maximum absolute atomic E-state index is 13.7. The number of rotatable bonds is 5. The normalized spacial score (nSPS) is 13.5. The van der Waals surface area contributed by atoms with Crippen LogP contribution in [0.4, 0.5) is 0 Å². The number of hydrogen-bond donors (Lipinski definition) is 1. The minimum absolute atomic E-state index is 0.0326. The first-order chi connectivity index (χ1) is 14.8. The maximum atomic E-state index is 13.7. The molecule has 2 aromatic heterocycles. The Morgan fingerprint density at radius 1 is 1.26 bits per heavy atom. The molecule has 1 aliphatic heterocycles. The second-order valence-corrected chi connectivity index (χ2v) is 9.78. The van der Waals surface area contributed by atoms with Crippen molar-refractivity contribution in [3.8, 4) is 5.69 Å². The van der Waals surface area contributed by atoms with Gasteiger partial charge in [-0.3, -0.25) is 19.0 Å². The van der Waals surface area contributed by atoms with Gasteiger partial charge in [-0.05, 0) is 38.0 Å². The number of nitrogens with one attached hydrogen (secondary N) is 1. The van der Waals surface area contributed by atoms with Gasteiger partial charge in [0.1, 0.15) is 4.83 Å². The third-order valence-corrected chi connectivity index (χ3v) is 7.13. The Kier molecular flexibility index (Phi) is 6.15. The molecule has 7 nitrogen and oxygen atoms in total. The number of aromatic nitrogens is 2. The van der Waals surface area contributed by atoms with Gasteiger partial charge < -0.3 is 10.2 Å². The van der Waals surface area contributed by atoms with Gasteiger partial charge in [0, 0.05) is 24.4 Å². The van der Waals surface area contributed by atoms with Crippen molar-refractivity contribution >= 4 is 45.1 Å². The summed E-state index contributed by atoms with van der Waals surface area (Å²) in [7, 11) is 0. The Bertz CT molecular complexity index is 1200. The van der Waals surface area contributed by atoms with Crippen molar-refractivity contribution in [3.63, 3.8) is 0 Å². The Hall–Kier alpha value is -2.65. The molecule has 0 aliphatic carbocycles. The number of thioether (sulfide) groups is 1. The third-order valence-electron chi connectivity index (χ3n) is 5.09. The maximum Gasteiger partial charge on any atom is 0.267 e. The summed E-state index contributed by atoms with van der Waals surface area (Å²) in [4.78, 5) is 45.9. The summed E-state index contributed by atoms with van der Waals surface area (Å²) in [5.74, 6) is 0.105. The Morgan fingerprint density at radius 2 is 2.00 bits per heavy atom. The fraction of sp³-hybridized carbons (Fsp3) is 0.364. The largest absolute Gasteiger partial charge is 0.353 e. The van der Waals surface area contributed by atoms with Crippen LogP contribution in [-0.2, 0) is 22.6 Å². The van der Waals surface area contributed by atoms with Gasteiger partial charge >= 0.3 is 0 Å². The van der Waals surface area contributed by atoms with Gasteiger partial charge in [-0.1, -0.05) is 30.0 Å². The van der Waals surface area contributed by atoms with Crippen LogP contribution in [0, 0.1) is 0 Å². The molecule has 9 heteroatoms. The van der Waals surface area contributed by atoms with Crippen LogP contribution in [0.2, 0.25) is 0 Å². The number of benzene rings is 1. The highest BCUT2D eigenvalue weighted by Gasteiger charge is 2.26. The average Bonchev–Trinajstić information content (AvgIpc) is 3.10. The van der Waals surface area contributed by atoms with E-state index < -0.39 is 0 Å². The molecule has 1 aromatic carbocycles. The monoisotopic (exact) mass is 456 g/mol. The van der Waals surface area contributed by atoms with Crippen molar-refractivity contribution in [2.24, 2.45) is 0 Å². The summed E-state index contributed by atoms with van der Waals surface area (Å²) in [6.45, 7) is 6.50. The van der Waals surface area contributed by atoms with E-state index in [1.165, 1.54) is 23.1 Å². The summed E-state index contributed by atoms with van der Waals surface area (Å²) in [5.41, 5.74) is 1.58. The van der Waals surface area contributed by atoms with Crippen molar-refractivity contribution in [2.45, 2.75) is 44.9 Å². The van der Waals surface area contributed by atoms with Crippen LogP contribution >= 0.6 is 23.1 Å². The topological polar surface area (TPSA) is 84.3 Å². The molecule has 1 aliphatic rings. The van der Waals surface area contributed by atoms with Crippen molar-refractivity contribution in [2.75, 3.05) is 12.3 Å². The lowest BCUT2D eigenvalue weighted by Crippen LogP contribution is -2.34. The minimum atomic E-state index is -0.128. The number of amides is 2.